The van der Waals surface area contributed by atoms with Crippen LogP contribution in [-0.4, -0.2) is 114 Å². The van der Waals surface area contributed by atoms with Crippen LogP contribution in [0.5, 0.6) is 0 Å². The summed E-state index contributed by atoms with van der Waals surface area (Å²) in [5, 5.41) is 0. The number of guanidine groups is 1. The minimum absolute atomic E-state index is 1.06. The first-order valence-corrected chi connectivity index (χ1v) is 12.8. The average molecular weight is 428 g/mol. The molecule has 0 aliphatic carbocycles. The molecule has 0 N–H and O–H groups in total. The van der Waals surface area contributed by atoms with Crippen LogP contribution >= 0.6 is 0 Å². The van der Waals surface area contributed by atoms with Gasteiger partial charge in [-0.05, 0) is 54.4 Å². The molecule has 0 radical (unpaired) electrons. The SMILES string of the molecule is CCCN(CCC)C(=[N+](C)CC[N+](C)=C(C)[N+](CC)(CC)CC)[N+](CC)(CC)CC. The van der Waals surface area contributed by atoms with Gasteiger partial charge in [0.1, 0.15) is 13.6 Å². The third-order valence-electron chi connectivity index (χ3n) is 7.68. The molecule has 0 aromatic rings. The maximum absolute atomic E-state index is 2.68. The summed E-state index contributed by atoms with van der Waals surface area (Å²) in [6, 6.07) is 0. The largest absolute Gasteiger partial charge is 0.446 e. The maximum Gasteiger partial charge on any atom is 0.446 e. The number of likely N-dealkylation sites (N-methyl/N-ethyl adjacent to an activating group) is 2. The third kappa shape index (κ3) is 6.78. The van der Waals surface area contributed by atoms with Gasteiger partial charge in [0.15, 0.2) is 6.54 Å². The van der Waals surface area contributed by atoms with Gasteiger partial charge in [0.05, 0.1) is 66.3 Å². The van der Waals surface area contributed by atoms with Crippen molar-refractivity contribution in [2.24, 2.45) is 0 Å². The predicted octanol–water partition coefficient (Wildman–Crippen LogP) is 3.92. The van der Waals surface area contributed by atoms with Gasteiger partial charge in [0.25, 0.3) is 0 Å². The third-order valence-corrected chi connectivity index (χ3v) is 7.68. The number of nitrogens with zero attached hydrogens (tertiary/aromatic N) is 5. The van der Waals surface area contributed by atoms with Gasteiger partial charge >= 0.3 is 11.8 Å². The van der Waals surface area contributed by atoms with Gasteiger partial charge in [-0.1, -0.05) is 13.8 Å². The molecule has 0 aromatic carbocycles. The fourth-order valence-corrected chi connectivity index (χ4v) is 5.13. The summed E-state index contributed by atoms with van der Waals surface area (Å²) in [7, 11) is 4.61. The smallest absolute Gasteiger partial charge is 0.241 e. The van der Waals surface area contributed by atoms with E-state index in [4.69, 9.17) is 0 Å². The monoisotopic (exact) mass is 427 g/mol. The van der Waals surface area contributed by atoms with Gasteiger partial charge in [-0.25, -0.2) is 18.4 Å². The van der Waals surface area contributed by atoms with Crippen LogP contribution in [0, 0.1) is 0 Å². The zero-order valence-electron chi connectivity index (χ0n) is 22.7. The van der Waals surface area contributed by atoms with Crippen LogP contribution in [0.3, 0.4) is 0 Å². The molecule has 0 spiro atoms. The lowest BCUT2D eigenvalue weighted by Gasteiger charge is -2.36. The van der Waals surface area contributed by atoms with E-state index in [2.05, 4.69) is 90.5 Å². The molecule has 5 heteroatoms. The molecule has 0 atom stereocenters. The Morgan fingerprint density at radius 3 is 1.30 bits per heavy atom. The number of hydrogen-bond donors (Lipinski definition) is 0. The molecule has 30 heavy (non-hydrogen) atoms. The highest BCUT2D eigenvalue weighted by molar-refractivity contribution is 5.68. The van der Waals surface area contributed by atoms with Crippen molar-refractivity contribution in [1.29, 1.82) is 0 Å². The number of hydrogen-bond acceptors (Lipinski definition) is 0. The molecule has 0 unspecified atom stereocenters. The first-order chi connectivity index (χ1) is 14.2. The van der Waals surface area contributed by atoms with E-state index < -0.39 is 0 Å². The second-order valence-electron chi connectivity index (χ2n) is 8.87. The van der Waals surface area contributed by atoms with E-state index in [-0.39, 0.29) is 0 Å². The molecule has 0 aliphatic rings. The van der Waals surface area contributed by atoms with Crippen molar-refractivity contribution < 1.29 is 18.1 Å². The second-order valence-corrected chi connectivity index (χ2v) is 8.87. The van der Waals surface area contributed by atoms with E-state index in [1.165, 1.54) is 44.3 Å². The van der Waals surface area contributed by atoms with Gasteiger partial charge in [-0.15, -0.1) is 0 Å². The Bertz CT molecular complexity index is 519. The van der Waals surface area contributed by atoms with E-state index in [1.807, 2.05) is 0 Å². The van der Waals surface area contributed by atoms with Gasteiger partial charge in [0, 0.05) is 0 Å². The highest BCUT2D eigenvalue weighted by Gasteiger charge is 2.41. The van der Waals surface area contributed by atoms with Crippen LogP contribution in [0.1, 0.15) is 75.2 Å². The molecule has 178 valence electrons. The summed E-state index contributed by atoms with van der Waals surface area (Å²) in [5.41, 5.74) is 0. The summed E-state index contributed by atoms with van der Waals surface area (Å²) < 4.78 is 7.24. The van der Waals surface area contributed by atoms with E-state index in [0.29, 0.717) is 0 Å². The number of amidine groups is 1. The minimum Gasteiger partial charge on any atom is -0.241 e. The van der Waals surface area contributed by atoms with Crippen molar-refractivity contribution in [2.45, 2.75) is 75.2 Å². The molecule has 0 saturated heterocycles. The highest BCUT2D eigenvalue weighted by Crippen LogP contribution is 2.14. The minimum atomic E-state index is 1.06. The first kappa shape index (κ1) is 29.1. The lowest BCUT2D eigenvalue weighted by atomic mass is 10.3. The Labute approximate surface area is 189 Å². The zero-order chi connectivity index (χ0) is 23.4. The lowest BCUT2D eigenvalue weighted by molar-refractivity contribution is -0.868. The average Bonchev–Trinajstić information content (AvgIpc) is 2.77. The van der Waals surface area contributed by atoms with Crippen LogP contribution in [0.25, 0.3) is 0 Å². The van der Waals surface area contributed by atoms with Gasteiger partial charge in [-0.3, -0.25) is 0 Å². The molecule has 0 amide bonds. The van der Waals surface area contributed by atoms with Crippen LogP contribution < -0.4 is 0 Å². The second kappa shape index (κ2) is 14.2. The highest BCUT2D eigenvalue weighted by atomic mass is 15.5. The molecule has 0 saturated carbocycles. The summed E-state index contributed by atoms with van der Waals surface area (Å²) >= 11 is 0. The molecule has 0 bridgehead atoms. The molecular weight excluding hydrogens is 370 g/mol. The Morgan fingerprint density at radius 2 is 0.967 bits per heavy atom. The molecular formula is C25H57N5+4. The standard InChI is InChI=1S/C25H57N5/c1-12-20-28(21-13-2)25(30(17-6,18-7)19-8)27(11)23-22-26(10)24(9)29(14-3,15-4)16-5/h12-23H2,1-11H3/q+4. The van der Waals surface area contributed by atoms with Crippen LogP contribution in [0.2, 0.25) is 0 Å². The van der Waals surface area contributed by atoms with E-state index in [9.17, 15) is 0 Å². The summed E-state index contributed by atoms with van der Waals surface area (Å²) in [4.78, 5) is 2.68. The molecule has 0 fully saturated rings. The quantitative estimate of drug-likeness (QED) is 0.187. The Balaban J connectivity index is 6.14. The van der Waals surface area contributed by atoms with E-state index >= 15 is 0 Å². The van der Waals surface area contributed by atoms with Crippen molar-refractivity contribution in [3.63, 3.8) is 0 Å². The fraction of sp³-hybridized carbons (Fsp3) is 0.920. The topological polar surface area (TPSA) is 9.26 Å². The number of quaternary nitrogens is 2. The van der Waals surface area contributed by atoms with Crippen LogP contribution in [0.4, 0.5) is 0 Å². The Hall–Kier alpha value is -0.940. The molecule has 0 heterocycles. The zero-order valence-corrected chi connectivity index (χ0v) is 22.7. The Morgan fingerprint density at radius 1 is 0.600 bits per heavy atom. The van der Waals surface area contributed by atoms with E-state index in [1.54, 1.807) is 0 Å². The molecule has 5 nitrogen and oxygen atoms in total. The van der Waals surface area contributed by atoms with Crippen LogP contribution in [0.15, 0.2) is 0 Å². The molecule has 0 aliphatic heterocycles. The van der Waals surface area contributed by atoms with E-state index in [0.717, 1.165) is 54.8 Å². The fourth-order valence-electron chi connectivity index (χ4n) is 5.13. The number of rotatable bonds is 13. The van der Waals surface area contributed by atoms with Gasteiger partial charge < -0.3 is 0 Å². The van der Waals surface area contributed by atoms with Crippen molar-refractivity contribution in [2.75, 3.05) is 79.5 Å². The van der Waals surface area contributed by atoms with Crippen LogP contribution in [-0.2, 0) is 0 Å². The first-order valence-electron chi connectivity index (χ1n) is 12.8. The molecule has 0 rings (SSSR count). The maximum atomic E-state index is 2.68. The lowest BCUT2D eigenvalue weighted by Crippen LogP contribution is -2.62. The van der Waals surface area contributed by atoms with Crippen molar-refractivity contribution >= 4 is 11.8 Å². The normalized spacial score (nSPS) is 14.5. The molecule has 0 aromatic heterocycles. The predicted molar refractivity (Wildman–Crippen MR) is 134 cm³/mol. The van der Waals surface area contributed by atoms with Gasteiger partial charge in [-0.2, -0.15) is 4.58 Å². The van der Waals surface area contributed by atoms with Crippen molar-refractivity contribution in [1.82, 2.24) is 4.90 Å². The van der Waals surface area contributed by atoms with Crippen molar-refractivity contribution in [3.05, 3.63) is 0 Å². The summed E-state index contributed by atoms with van der Waals surface area (Å²) in [6.07, 6.45) is 2.40. The summed E-state index contributed by atoms with van der Waals surface area (Å²) in [5.74, 6) is 3.03. The Kier molecular flexibility index (Phi) is 13.7. The summed E-state index contributed by atoms with van der Waals surface area (Å²) in [6.45, 7) is 32.4. The van der Waals surface area contributed by atoms with Gasteiger partial charge in [0.2, 0.25) is 0 Å². The van der Waals surface area contributed by atoms with Crippen molar-refractivity contribution in [3.8, 4) is 0 Å².